The second-order valence-electron chi connectivity index (χ2n) is 10.3. The Kier molecular flexibility index (Phi) is 6.38. The molecule has 1 saturated carbocycles. The molecule has 1 aromatic carbocycles. The molecular formula is C28H34N8O. The first kappa shape index (κ1) is 23.7. The number of aromatic nitrogens is 3. The van der Waals surface area contributed by atoms with Gasteiger partial charge in [0.25, 0.3) is 0 Å². The number of nitrogens with zero attached hydrogens (tertiary/aromatic N) is 5. The van der Waals surface area contributed by atoms with Gasteiger partial charge in [0.1, 0.15) is 11.4 Å². The van der Waals surface area contributed by atoms with E-state index in [1.165, 1.54) is 5.69 Å². The van der Waals surface area contributed by atoms with Gasteiger partial charge in [0.15, 0.2) is 0 Å². The number of anilines is 4. The predicted molar refractivity (Wildman–Crippen MR) is 146 cm³/mol. The van der Waals surface area contributed by atoms with Crippen LogP contribution in [0.3, 0.4) is 0 Å². The summed E-state index contributed by atoms with van der Waals surface area (Å²) in [6.45, 7) is 3.25. The van der Waals surface area contributed by atoms with Crippen LogP contribution in [0.4, 0.5) is 23.1 Å². The van der Waals surface area contributed by atoms with Crippen molar-refractivity contribution < 1.29 is 4.79 Å². The smallest absolute Gasteiger partial charge is 0.240 e. The highest BCUT2D eigenvalue weighted by atomic mass is 16.2. The maximum Gasteiger partial charge on any atom is 0.240 e. The van der Waals surface area contributed by atoms with Gasteiger partial charge in [0.2, 0.25) is 11.9 Å². The molecule has 8 bridgehead atoms. The van der Waals surface area contributed by atoms with E-state index in [4.69, 9.17) is 0 Å². The first-order valence-corrected chi connectivity index (χ1v) is 13.3. The molecule has 192 valence electrons. The number of hydrogen-bond acceptors (Lipinski definition) is 8. The number of carbonyl (C=O) groups excluding carboxylic acids is 1. The number of carbonyl (C=O) groups is 1. The van der Waals surface area contributed by atoms with Gasteiger partial charge in [-0.15, -0.1) is 0 Å². The molecule has 1 saturated heterocycles. The van der Waals surface area contributed by atoms with Gasteiger partial charge in [-0.25, -0.2) is 15.0 Å². The molecule has 37 heavy (non-hydrogen) atoms. The minimum absolute atomic E-state index is 0.187. The average molecular weight is 499 g/mol. The largest absolute Gasteiger partial charge is 0.371 e. The van der Waals surface area contributed by atoms with E-state index < -0.39 is 0 Å². The Hall–Kier alpha value is -3.72. The Morgan fingerprint density at radius 3 is 2.51 bits per heavy atom. The van der Waals surface area contributed by atoms with Gasteiger partial charge in [0, 0.05) is 74.8 Å². The molecule has 1 spiro atoms. The monoisotopic (exact) mass is 498 g/mol. The molecular weight excluding hydrogens is 464 g/mol. The van der Waals surface area contributed by atoms with E-state index in [2.05, 4.69) is 72.0 Å². The van der Waals surface area contributed by atoms with Crippen molar-refractivity contribution in [1.29, 1.82) is 0 Å². The van der Waals surface area contributed by atoms with Crippen molar-refractivity contribution in [3.05, 3.63) is 55.0 Å². The third-order valence-corrected chi connectivity index (χ3v) is 7.96. The Morgan fingerprint density at radius 1 is 0.946 bits per heavy atom. The fraction of sp³-hybridized carbons (Fsp3) is 0.429. The Balaban J connectivity index is 1.26. The lowest BCUT2D eigenvalue weighted by molar-refractivity contribution is -0.128. The molecule has 0 atom stereocenters. The summed E-state index contributed by atoms with van der Waals surface area (Å²) in [4.78, 5) is 31.4. The van der Waals surface area contributed by atoms with Crippen LogP contribution in [0.2, 0.25) is 0 Å². The second-order valence-corrected chi connectivity index (χ2v) is 10.3. The third kappa shape index (κ3) is 4.96. The number of benzene rings is 1. The molecule has 3 N–H and O–H groups in total. The van der Waals surface area contributed by atoms with Gasteiger partial charge >= 0.3 is 0 Å². The van der Waals surface area contributed by atoms with Gasteiger partial charge < -0.3 is 20.9 Å². The highest BCUT2D eigenvalue weighted by Gasteiger charge is 2.54. The molecule has 7 heterocycles. The molecule has 2 aromatic heterocycles. The van der Waals surface area contributed by atoms with Crippen molar-refractivity contribution in [2.24, 2.45) is 0 Å². The van der Waals surface area contributed by atoms with E-state index in [0.29, 0.717) is 25.1 Å². The summed E-state index contributed by atoms with van der Waals surface area (Å²) in [5, 5.41) is 9.91. The molecule has 9 rings (SSSR count). The molecule has 6 aliphatic rings. The number of nitrogens with one attached hydrogen (secondary N) is 3. The van der Waals surface area contributed by atoms with Crippen LogP contribution in [0.15, 0.2) is 55.0 Å². The van der Waals surface area contributed by atoms with E-state index in [1.54, 1.807) is 6.20 Å². The molecule has 0 radical (unpaired) electrons. The van der Waals surface area contributed by atoms with Gasteiger partial charge in [-0.1, -0.05) is 6.07 Å². The highest BCUT2D eigenvalue weighted by Crippen LogP contribution is 2.43. The normalized spacial score (nSPS) is 23.2. The molecule has 0 unspecified atom stereocenters. The van der Waals surface area contributed by atoms with Gasteiger partial charge in [0.05, 0.1) is 0 Å². The van der Waals surface area contributed by atoms with E-state index >= 15 is 0 Å². The summed E-state index contributed by atoms with van der Waals surface area (Å²) in [7, 11) is 2.18. The predicted octanol–water partition coefficient (Wildman–Crippen LogP) is 3.65. The topological polar surface area (TPSA) is 98.3 Å². The van der Waals surface area contributed by atoms with Gasteiger partial charge in [-0.2, -0.15) is 0 Å². The summed E-state index contributed by atoms with van der Waals surface area (Å²) in [5.41, 5.74) is 3.80. The molecule has 2 fully saturated rings. The molecule has 1 aliphatic carbocycles. The molecule has 5 aliphatic heterocycles. The molecule has 9 heteroatoms. The molecule has 9 nitrogen and oxygen atoms in total. The van der Waals surface area contributed by atoms with Crippen LogP contribution >= 0.6 is 0 Å². The standard InChI is InChI=1S/C28H34N8O/c1-35-23-7-14-36(15-8-23)28(9-10-28)26(37)30-11-3-12-31-27-32-18-21(19-33-27)20-6-13-29-25(16-20)34-22-4-2-5-24(35)17-22/h2,4-6,13,16-19,23H,3,7-12,14-15H2,1H3,(H,29,34)(H,30,37)(H,31,32,33). The van der Waals surface area contributed by atoms with Crippen LogP contribution in [-0.4, -0.2) is 70.6 Å². The van der Waals surface area contributed by atoms with Crippen LogP contribution in [0, 0.1) is 0 Å². The van der Waals surface area contributed by atoms with Crippen LogP contribution in [-0.2, 0) is 4.79 Å². The third-order valence-electron chi connectivity index (χ3n) is 7.96. The fourth-order valence-electron chi connectivity index (χ4n) is 5.55. The van der Waals surface area contributed by atoms with Crippen molar-refractivity contribution in [2.75, 3.05) is 48.8 Å². The van der Waals surface area contributed by atoms with Crippen LogP contribution < -0.4 is 20.9 Å². The number of rotatable bonds is 0. The van der Waals surface area contributed by atoms with Crippen LogP contribution in [0.5, 0.6) is 0 Å². The van der Waals surface area contributed by atoms with Crippen molar-refractivity contribution in [1.82, 2.24) is 25.2 Å². The lowest BCUT2D eigenvalue weighted by Crippen LogP contribution is -2.54. The van der Waals surface area contributed by atoms with E-state index in [0.717, 1.165) is 67.8 Å². The lowest BCUT2D eigenvalue weighted by Gasteiger charge is -2.41. The summed E-state index contributed by atoms with van der Waals surface area (Å²) >= 11 is 0. The second kappa shape index (κ2) is 9.97. The van der Waals surface area contributed by atoms with E-state index in [1.807, 2.05) is 24.5 Å². The summed E-state index contributed by atoms with van der Waals surface area (Å²) in [5.74, 6) is 1.55. The van der Waals surface area contributed by atoms with Crippen molar-refractivity contribution >= 4 is 29.0 Å². The lowest BCUT2D eigenvalue weighted by atomic mass is 10.00. The van der Waals surface area contributed by atoms with Crippen molar-refractivity contribution in [3.63, 3.8) is 0 Å². The number of piperidine rings is 1. The SMILES string of the molecule is CN1c2cccc(c2)Nc2cc(ccn2)-c2cnc(nc2)NCCCNC(=O)C2(CC2)N2CCC1CC2. The van der Waals surface area contributed by atoms with Crippen molar-refractivity contribution in [3.8, 4) is 11.1 Å². The van der Waals surface area contributed by atoms with Crippen LogP contribution in [0.1, 0.15) is 32.1 Å². The Bertz CT molecular complexity index is 1250. The maximum absolute atomic E-state index is 13.1. The number of pyridine rings is 1. The zero-order chi connectivity index (χ0) is 25.2. The minimum Gasteiger partial charge on any atom is -0.371 e. The van der Waals surface area contributed by atoms with Gasteiger partial charge in [-0.3, -0.25) is 9.69 Å². The van der Waals surface area contributed by atoms with E-state index in [-0.39, 0.29) is 11.4 Å². The van der Waals surface area contributed by atoms with Crippen LogP contribution in [0.25, 0.3) is 11.1 Å². The first-order chi connectivity index (χ1) is 18.1. The summed E-state index contributed by atoms with van der Waals surface area (Å²) in [6.07, 6.45) is 10.3. The first-order valence-electron chi connectivity index (χ1n) is 13.3. The minimum atomic E-state index is -0.296. The Morgan fingerprint density at radius 2 is 1.73 bits per heavy atom. The number of hydrogen-bond donors (Lipinski definition) is 3. The average Bonchev–Trinajstić information content (AvgIpc) is 3.75. The van der Waals surface area contributed by atoms with Crippen molar-refractivity contribution in [2.45, 2.75) is 43.7 Å². The zero-order valence-corrected chi connectivity index (χ0v) is 21.3. The molecule has 3 aromatic rings. The van der Waals surface area contributed by atoms with E-state index in [9.17, 15) is 4.79 Å². The molecule has 1 amide bonds. The zero-order valence-electron chi connectivity index (χ0n) is 21.3. The maximum atomic E-state index is 13.1. The summed E-state index contributed by atoms with van der Waals surface area (Å²) < 4.78 is 0. The van der Waals surface area contributed by atoms with Gasteiger partial charge in [-0.05, 0) is 68.0 Å². The highest BCUT2D eigenvalue weighted by molar-refractivity contribution is 5.89. The summed E-state index contributed by atoms with van der Waals surface area (Å²) in [6, 6.07) is 12.9. The quantitative estimate of drug-likeness (QED) is 0.432. The Labute approximate surface area is 217 Å². The number of amides is 1. The fourth-order valence-corrected chi connectivity index (χ4v) is 5.55.